The molecule has 0 saturated carbocycles. The molecule has 0 N–H and O–H groups in total. The first-order chi connectivity index (χ1) is 8.49. The number of benzene rings is 2. The van der Waals surface area contributed by atoms with Crippen molar-refractivity contribution in [2.24, 2.45) is 0 Å². The molecule has 0 fully saturated rings. The molecule has 0 nitrogen and oxygen atoms in total. The molecule has 0 heterocycles. The van der Waals surface area contributed by atoms with Crippen molar-refractivity contribution in [2.45, 2.75) is 4.83 Å². The van der Waals surface area contributed by atoms with Crippen molar-refractivity contribution in [3.05, 3.63) is 67.9 Å². The van der Waals surface area contributed by atoms with E-state index in [-0.39, 0.29) is 10.6 Å². The van der Waals surface area contributed by atoms with Crippen LogP contribution in [-0.4, -0.2) is 0 Å². The number of hydrogen-bond acceptors (Lipinski definition) is 0. The molecule has 0 aromatic heterocycles. The summed E-state index contributed by atoms with van der Waals surface area (Å²) in [6.45, 7) is 0. The maximum atomic E-state index is 13.9. The van der Waals surface area contributed by atoms with Gasteiger partial charge in [-0.3, -0.25) is 0 Å². The SMILES string of the molecule is Fc1cc(Br)c(Cl)cc1C(Br)c1ccc(Cl)cc1. The Bertz CT molecular complexity index is 570. The second-order valence-electron chi connectivity index (χ2n) is 3.70. The van der Waals surface area contributed by atoms with Gasteiger partial charge in [0.05, 0.1) is 9.85 Å². The normalized spacial score (nSPS) is 12.5. The smallest absolute Gasteiger partial charge is 0.129 e. The van der Waals surface area contributed by atoms with Gasteiger partial charge < -0.3 is 0 Å². The van der Waals surface area contributed by atoms with Crippen molar-refractivity contribution in [2.75, 3.05) is 0 Å². The van der Waals surface area contributed by atoms with Crippen molar-refractivity contribution in [1.82, 2.24) is 0 Å². The van der Waals surface area contributed by atoms with Crippen LogP contribution in [-0.2, 0) is 0 Å². The van der Waals surface area contributed by atoms with Crippen molar-refractivity contribution in [1.29, 1.82) is 0 Å². The third-order valence-electron chi connectivity index (χ3n) is 2.48. The maximum Gasteiger partial charge on any atom is 0.129 e. The zero-order valence-electron chi connectivity index (χ0n) is 8.93. The van der Waals surface area contributed by atoms with Gasteiger partial charge in [0.25, 0.3) is 0 Å². The molecule has 0 spiro atoms. The highest BCUT2D eigenvalue weighted by molar-refractivity contribution is 9.10. The summed E-state index contributed by atoms with van der Waals surface area (Å²) in [5, 5.41) is 1.12. The zero-order chi connectivity index (χ0) is 13.3. The van der Waals surface area contributed by atoms with Gasteiger partial charge in [-0.1, -0.05) is 51.3 Å². The van der Waals surface area contributed by atoms with Gasteiger partial charge in [0.2, 0.25) is 0 Å². The van der Waals surface area contributed by atoms with E-state index in [1.54, 1.807) is 18.2 Å². The Morgan fingerprint density at radius 3 is 2.28 bits per heavy atom. The maximum absolute atomic E-state index is 13.9. The molecule has 5 heteroatoms. The number of alkyl halides is 1. The van der Waals surface area contributed by atoms with E-state index < -0.39 is 0 Å². The molecule has 0 radical (unpaired) electrons. The Balaban J connectivity index is 2.42. The fourth-order valence-corrected chi connectivity index (χ4v) is 2.81. The molecule has 0 bridgehead atoms. The lowest BCUT2D eigenvalue weighted by molar-refractivity contribution is 0.612. The Morgan fingerprint density at radius 1 is 1.06 bits per heavy atom. The number of halogens is 5. The van der Waals surface area contributed by atoms with Gasteiger partial charge in [-0.25, -0.2) is 4.39 Å². The van der Waals surface area contributed by atoms with Crippen LogP contribution in [0.4, 0.5) is 4.39 Å². The third-order valence-corrected chi connectivity index (χ3v) is 4.95. The predicted octanol–water partition coefficient (Wildman–Crippen LogP) is 6.38. The topological polar surface area (TPSA) is 0 Å². The molecule has 2 aromatic carbocycles. The van der Waals surface area contributed by atoms with E-state index in [9.17, 15) is 4.39 Å². The summed E-state index contributed by atoms with van der Waals surface area (Å²) in [5.41, 5.74) is 1.40. The van der Waals surface area contributed by atoms with Gasteiger partial charge in [0.1, 0.15) is 5.82 Å². The minimum Gasteiger partial charge on any atom is -0.207 e. The second-order valence-corrected chi connectivity index (χ2v) is 6.32. The highest BCUT2D eigenvalue weighted by atomic mass is 79.9. The summed E-state index contributed by atoms with van der Waals surface area (Å²) in [6.07, 6.45) is 0. The van der Waals surface area contributed by atoms with Crippen molar-refractivity contribution >= 4 is 55.1 Å². The lowest BCUT2D eigenvalue weighted by Gasteiger charge is -2.13. The van der Waals surface area contributed by atoms with E-state index in [1.165, 1.54) is 6.07 Å². The van der Waals surface area contributed by atoms with Crippen LogP contribution in [0.25, 0.3) is 0 Å². The fraction of sp³-hybridized carbons (Fsp3) is 0.0769. The van der Waals surface area contributed by atoms with E-state index in [0.717, 1.165) is 5.56 Å². The van der Waals surface area contributed by atoms with Crippen LogP contribution in [0.1, 0.15) is 16.0 Å². The van der Waals surface area contributed by atoms with Gasteiger partial charge in [-0.2, -0.15) is 0 Å². The molecule has 0 amide bonds. The third kappa shape index (κ3) is 3.08. The highest BCUT2D eigenvalue weighted by Gasteiger charge is 2.16. The second kappa shape index (κ2) is 5.91. The first kappa shape index (κ1) is 14.3. The van der Waals surface area contributed by atoms with E-state index in [2.05, 4.69) is 31.9 Å². The molecule has 2 aromatic rings. The quantitative estimate of drug-likeness (QED) is 0.396. The minimum absolute atomic E-state index is 0.264. The van der Waals surface area contributed by atoms with Gasteiger partial charge >= 0.3 is 0 Å². The van der Waals surface area contributed by atoms with Crippen LogP contribution in [0.15, 0.2) is 40.9 Å². The fourth-order valence-electron chi connectivity index (χ4n) is 1.54. The summed E-state index contributed by atoms with van der Waals surface area (Å²) in [7, 11) is 0. The molecule has 0 saturated heterocycles. The predicted molar refractivity (Wildman–Crippen MR) is 81.3 cm³/mol. The molecule has 0 aliphatic carbocycles. The lowest BCUT2D eigenvalue weighted by Crippen LogP contribution is -1.97. The van der Waals surface area contributed by atoms with E-state index in [4.69, 9.17) is 23.2 Å². The van der Waals surface area contributed by atoms with Crippen LogP contribution >= 0.6 is 55.1 Å². The Kier molecular flexibility index (Phi) is 4.70. The van der Waals surface area contributed by atoms with Crippen LogP contribution in [0.3, 0.4) is 0 Å². The molecule has 2 rings (SSSR count). The first-order valence-corrected chi connectivity index (χ1v) is 7.49. The van der Waals surface area contributed by atoms with Gasteiger partial charge in [-0.05, 0) is 45.8 Å². The van der Waals surface area contributed by atoms with Crippen LogP contribution in [0.5, 0.6) is 0 Å². The highest BCUT2D eigenvalue weighted by Crippen LogP contribution is 2.36. The molecule has 94 valence electrons. The zero-order valence-corrected chi connectivity index (χ0v) is 13.6. The molecule has 1 unspecified atom stereocenters. The summed E-state index contributed by atoms with van der Waals surface area (Å²) < 4.78 is 14.4. The van der Waals surface area contributed by atoms with Gasteiger partial charge in [0.15, 0.2) is 0 Å². The standard InChI is InChI=1S/C13H7Br2Cl2F/c14-10-6-12(18)9(5-11(10)17)13(15)7-1-3-8(16)4-2-7/h1-6,13H. The summed E-state index contributed by atoms with van der Waals surface area (Å²) >= 11 is 18.5. The molecule has 18 heavy (non-hydrogen) atoms. The monoisotopic (exact) mass is 410 g/mol. The van der Waals surface area contributed by atoms with Crippen molar-refractivity contribution in [3.63, 3.8) is 0 Å². The largest absolute Gasteiger partial charge is 0.207 e. The molecular weight excluding hydrogens is 406 g/mol. The minimum atomic E-state index is -0.317. The van der Waals surface area contributed by atoms with Crippen LogP contribution < -0.4 is 0 Å². The summed E-state index contributed by atoms with van der Waals surface area (Å²) in [6, 6.07) is 10.2. The average Bonchev–Trinajstić information content (AvgIpc) is 2.34. The van der Waals surface area contributed by atoms with E-state index in [1.807, 2.05) is 12.1 Å². The Hall–Kier alpha value is -0.0900. The Labute approximate surface area is 131 Å². The molecule has 1 atom stereocenters. The lowest BCUT2D eigenvalue weighted by atomic mass is 10.0. The van der Waals surface area contributed by atoms with Crippen molar-refractivity contribution in [3.8, 4) is 0 Å². The molecular formula is C13H7Br2Cl2F. The van der Waals surface area contributed by atoms with Crippen LogP contribution in [0.2, 0.25) is 10.0 Å². The van der Waals surface area contributed by atoms with E-state index >= 15 is 0 Å². The van der Waals surface area contributed by atoms with Gasteiger partial charge in [0, 0.05) is 15.1 Å². The van der Waals surface area contributed by atoms with Gasteiger partial charge in [-0.15, -0.1) is 0 Å². The van der Waals surface area contributed by atoms with E-state index in [0.29, 0.717) is 20.1 Å². The number of hydrogen-bond donors (Lipinski definition) is 0. The summed E-state index contributed by atoms with van der Waals surface area (Å²) in [5.74, 6) is -0.317. The molecule has 0 aliphatic heterocycles. The summed E-state index contributed by atoms with van der Waals surface area (Å²) in [4.78, 5) is -0.264. The number of rotatable bonds is 2. The molecule has 0 aliphatic rings. The average molecular weight is 413 g/mol. The van der Waals surface area contributed by atoms with Crippen molar-refractivity contribution < 1.29 is 4.39 Å². The first-order valence-electron chi connectivity index (χ1n) is 5.03. The van der Waals surface area contributed by atoms with Crippen LogP contribution in [0, 0.1) is 5.82 Å². The Morgan fingerprint density at radius 2 is 1.67 bits per heavy atom.